The average molecular weight is 372 g/mol. The van der Waals surface area contributed by atoms with E-state index in [0.717, 1.165) is 40.0 Å². The summed E-state index contributed by atoms with van der Waals surface area (Å²) in [6, 6.07) is 7.13. The van der Waals surface area contributed by atoms with Crippen LogP contribution in [0, 0.1) is 5.82 Å². The number of thiophene rings is 1. The van der Waals surface area contributed by atoms with Gasteiger partial charge in [0, 0.05) is 10.5 Å². The highest BCUT2D eigenvalue weighted by Crippen LogP contribution is 2.33. The summed E-state index contributed by atoms with van der Waals surface area (Å²) in [6.07, 6.45) is 1.78. The topological polar surface area (TPSA) is 21.3 Å². The van der Waals surface area contributed by atoms with Gasteiger partial charge >= 0.3 is 0 Å². The van der Waals surface area contributed by atoms with Crippen molar-refractivity contribution in [2.75, 3.05) is 13.7 Å². The van der Waals surface area contributed by atoms with Crippen LogP contribution in [0.3, 0.4) is 0 Å². The Kier molecular flexibility index (Phi) is 6.21. The van der Waals surface area contributed by atoms with Gasteiger partial charge in [0.15, 0.2) is 0 Å². The molecule has 0 bridgehead atoms. The molecule has 0 aliphatic heterocycles. The molecule has 1 atom stereocenters. The Bertz CT molecular complexity index is 567. The van der Waals surface area contributed by atoms with E-state index >= 15 is 0 Å². The van der Waals surface area contributed by atoms with Gasteiger partial charge in [-0.25, -0.2) is 4.39 Å². The first-order valence-electron chi connectivity index (χ1n) is 6.93. The van der Waals surface area contributed by atoms with E-state index in [9.17, 15) is 4.39 Å². The second-order valence-electron chi connectivity index (χ2n) is 4.84. The Labute approximate surface area is 137 Å². The lowest BCUT2D eigenvalue weighted by atomic mass is 10.0. The highest BCUT2D eigenvalue weighted by Gasteiger charge is 2.18. The molecular formula is C16H19BrFNOS. The van der Waals surface area contributed by atoms with E-state index in [1.54, 1.807) is 24.5 Å². The van der Waals surface area contributed by atoms with Gasteiger partial charge in [-0.15, -0.1) is 11.3 Å². The minimum absolute atomic E-state index is 0.133. The zero-order chi connectivity index (χ0) is 15.2. The summed E-state index contributed by atoms with van der Waals surface area (Å²) in [5, 5.41) is 5.55. The number of nitrogens with one attached hydrogen (secondary N) is 1. The van der Waals surface area contributed by atoms with Crippen molar-refractivity contribution in [2.24, 2.45) is 0 Å². The van der Waals surface area contributed by atoms with Crippen molar-refractivity contribution >= 4 is 27.3 Å². The van der Waals surface area contributed by atoms with Gasteiger partial charge in [0.25, 0.3) is 0 Å². The molecule has 1 aromatic heterocycles. The lowest BCUT2D eigenvalue weighted by Crippen LogP contribution is -2.23. The predicted molar refractivity (Wildman–Crippen MR) is 89.7 cm³/mol. The second-order valence-corrected chi connectivity index (χ2v) is 6.71. The summed E-state index contributed by atoms with van der Waals surface area (Å²) in [5.41, 5.74) is 0.964. The first kappa shape index (κ1) is 16.5. The minimum Gasteiger partial charge on any atom is -0.496 e. The molecule has 2 nitrogen and oxygen atoms in total. The third-order valence-electron chi connectivity index (χ3n) is 3.20. The average Bonchev–Trinajstić information content (AvgIpc) is 2.90. The molecule has 1 unspecified atom stereocenters. The van der Waals surface area contributed by atoms with Crippen LogP contribution in [0.25, 0.3) is 0 Å². The maximum Gasteiger partial charge on any atom is 0.134 e. The zero-order valence-corrected chi connectivity index (χ0v) is 14.6. The number of ether oxygens (including phenoxy) is 1. The molecule has 0 spiro atoms. The van der Waals surface area contributed by atoms with Crippen LogP contribution in [0.4, 0.5) is 4.39 Å². The Morgan fingerprint density at radius 3 is 2.86 bits per heavy atom. The largest absolute Gasteiger partial charge is 0.496 e. The highest BCUT2D eigenvalue weighted by molar-refractivity contribution is 9.10. The molecule has 0 radical (unpaired) electrons. The summed E-state index contributed by atoms with van der Waals surface area (Å²) in [4.78, 5) is 1.16. The predicted octanol–water partition coefficient (Wildman–Crippen LogP) is 4.94. The zero-order valence-electron chi connectivity index (χ0n) is 12.2. The van der Waals surface area contributed by atoms with Gasteiger partial charge in [-0.1, -0.05) is 22.9 Å². The number of hydrogen-bond donors (Lipinski definition) is 1. The number of hydrogen-bond acceptors (Lipinski definition) is 3. The molecule has 0 aliphatic carbocycles. The molecule has 0 aliphatic rings. The fraction of sp³-hybridized carbons (Fsp3) is 0.375. The van der Waals surface area contributed by atoms with E-state index in [-0.39, 0.29) is 11.9 Å². The molecule has 2 rings (SSSR count). The van der Waals surface area contributed by atoms with E-state index in [4.69, 9.17) is 4.74 Å². The summed E-state index contributed by atoms with van der Waals surface area (Å²) >= 11 is 5.02. The van der Waals surface area contributed by atoms with Crippen LogP contribution < -0.4 is 10.1 Å². The molecule has 1 N–H and O–H groups in total. The Morgan fingerprint density at radius 2 is 2.19 bits per heavy atom. The minimum atomic E-state index is -0.216. The second kappa shape index (κ2) is 7.92. The van der Waals surface area contributed by atoms with Gasteiger partial charge in [-0.2, -0.15) is 0 Å². The van der Waals surface area contributed by atoms with Crippen LogP contribution >= 0.6 is 27.3 Å². The molecule has 0 saturated carbocycles. The molecule has 5 heteroatoms. The molecule has 114 valence electrons. The van der Waals surface area contributed by atoms with E-state index < -0.39 is 0 Å². The summed E-state index contributed by atoms with van der Waals surface area (Å²) < 4.78 is 19.7. The molecule has 21 heavy (non-hydrogen) atoms. The summed E-state index contributed by atoms with van der Waals surface area (Å²) in [6.45, 7) is 3.05. The van der Waals surface area contributed by atoms with Crippen LogP contribution in [-0.4, -0.2) is 13.7 Å². The van der Waals surface area contributed by atoms with Gasteiger partial charge in [-0.3, -0.25) is 0 Å². The maximum absolute atomic E-state index is 13.5. The molecule has 2 aromatic rings. The first-order valence-corrected chi connectivity index (χ1v) is 8.61. The lowest BCUT2D eigenvalue weighted by Gasteiger charge is -2.19. The van der Waals surface area contributed by atoms with Crippen molar-refractivity contribution in [3.8, 4) is 5.75 Å². The fourth-order valence-corrected chi connectivity index (χ4v) is 3.72. The number of halogens is 2. The third-order valence-corrected chi connectivity index (χ3v) is 4.67. The van der Waals surface area contributed by atoms with Crippen molar-refractivity contribution < 1.29 is 9.13 Å². The lowest BCUT2D eigenvalue weighted by molar-refractivity contribution is 0.402. The first-order chi connectivity index (χ1) is 10.1. The van der Waals surface area contributed by atoms with Crippen LogP contribution in [0.1, 0.15) is 29.8 Å². The summed E-state index contributed by atoms with van der Waals surface area (Å²) in [5.74, 6) is 0.677. The number of methoxy groups -OCH3 is 1. The molecular weight excluding hydrogens is 353 g/mol. The van der Waals surface area contributed by atoms with Crippen LogP contribution in [0.5, 0.6) is 5.75 Å². The third kappa shape index (κ3) is 4.53. The van der Waals surface area contributed by atoms with Crippen molar-refractivity contribution in [1.29, 1.82) is 0 Å². The van der Waals surface area contributed by atoms with Crippen LogP contribution in [0.15, 0.2) is 34.1 Å². The quantitative estimate of drug-likeness (QED) is 0.743. The van der Waals surface area contributed by atoms with Crippen molar-refractivity contribution in [1.82, 2.24) is 5.32 Å². The Morgan fingerprint density at radius 1 is 1.38 bits per heavy atom. The van der Waals surface area contributed by atoms with Gasteiger partial charge < -0.3 is 10.1 Å². The highest BCUT2D eigenvalue weighted by atomic mass is 79.9. The van der Waals surface area contributed by atoms with E-state index in [1.807, 2.05) is 17.5 Å². The Balaban J connectivity index is 2.23. The van der Waals surface area contributed by atoms with Crippen molar-refractivity contribution in [3.63, 3.8) is 0 Å². The van der Waals surface area contributed by atoms with E-state index in [0.29, 0.717) is 0 Å². The SMILES string of the molecule is CCCNC(Cc1cc(F)cc(Br)c1)c1sccc1OC. The summed E-state index contributed by atoms with van der Waals surface area (Å²) in [7, 11) is 1.68. The Hall–Kier alpha value is -0.910. The standard InChI is InChI=1S/C16H19BrFNOS/c1-3-5-19-14(16-15(20-2)4-6-21-16)9-11-7-12(17)10-13(18)8-11/h4,6-8,10,14,19H,3,5,9H2,1-2H3. The van der Waals surface area contributed by atoms with Gasteiger partial charge in [0.05, 0.1) is 12.0 Å². The number of benzene rings is 1. The van der Waals surface area contributed by atoms with Gasteiger partial charge in [0.2, 0.25) is 0 Å². The molecule has 0 fully saturated rings. The fourth-order valence-electron chi connectivity index (χ4n) is 2.27. The number of rotatable bonds is 7. The van der Waals surface area contributed by atoms with E-state index in [1.165, 1.54) is 6.07 Å². The molecule has 1 heterocycles. The maximum atomic E-state index is 13.5. The van der Waals surface area contributed by atoms with Crippen LogP contribution in [0.2, 0.25) is 0 Å². The monoisotopic (exact) mass is 371 g/mol. The molecule has 0 saturated heterocycles. The normalized spacial score (nSPS) is 12.4. The molecule has 0 amide bonds. The molecule has 1 aromatic carbocycles. The van der Waals surface area contributed by atoms with Gasteiger partial charge in [0.1, 0.15) is 11.6 Å². The van der Waals surface area contributed by atoms with Crippen molar-refractivity contribution in [2.45, 2.75) is 25.8 Å². The van der Waals surface area contributed by atoms with Crippen LogP contribution in [-0.2, 0) is 6.42 Å². The smallest absolute Gasteiger partial charge is 0.134 e. The van der Waals surface area contributed by atoms with Crippen molar-refractivity contribution in [3.05, 3.63) is 50.4 Å². The van der Waals surface area contributed by atoms with E-state index in [2.05, 4.69) is 28.2 Å². The van der Waals surface area contributed by atoms with Gasteiger partial charge in [-0.05, 0) is 54.6 Å².